The summed E-state index contributed by atoms with van der Waals surface area (Å²) in [6.07, 6.45) is 1.58. The van der Waals surface area contributed by atoms with Crippen molar-refractivity contribution in [3.8, 4) is 9.88 Å². The molecule has 7 nitrogen and oxygen atoms in total. The zero-order valence-electron chi connectivity index (χ0n) is 13.0. The van der Waals surface area contributed by atoms with Crippen molar-refractivity contribution in [1.82, 2.24) is 23.7 Å². The van der Waals surface area contributed by atoms with Gasteiger partial charge < -0.3 is 4.57 Å². The molecule has 0 bridgehead atoms. The highest BCUT2D eigenvalue weighted by molar-refractivity contribution is 7.20. The summed E-state index contributed by atoms with van der Waals surface area (Å²) in [4.78, 5) is 34.4. The van der Waals surface area contributed by atoms with Crippen LogP contribution in [-0.2, 0) is 20.6 Å². The summed E-state index contributed by atoms with van der Waals surface area (Å²) in [6, 6.07) is 4.03. The topological polar surface area (TPSA) is 74.7 Å². The summed E-state index contributed by atoms with van der Waals surface area (Å²) in [6.45, 7) is 0.436. The van der Waals surface area contributed by atoms with E-state index in [1.807, 2.05) is 22.9 Å². The Morgan fingerprint density at radius 3 is 2.75 bits per heavy atom. The zero-order valence-corrected chi connectivity index (χ0v) is 14.6. The number of fused-ring (bicyclic) bond motifs is 1. The Morgan fingerprint density at radius 1 is 1.17 bits per heavy atom. The minimum atomic E-state index is -0.383. The van der Waals surface area contributed by atoms with Crippen LogP contribution in [0.3, 0.4) is 0 Å². The number of aryl methyl sites for hydroxylation is 1. The minimum Gasteiger partial charge on any atom is -0.319 e. The summed E-state index contributed by atoms with van der Waals surface area (Å²) in [5.41, 5.74) is 0.923. The summed E-state index contributed by atoms with van der Waals surface area (Å²) < 4.78 is 4.22. The van der Waals surface area contributed by atoms with Gasteiger partial charge in [0.05, 0.1) is 23.4 Å². The zero-order chi connectivity index (χ0) is 16.8. The normalized spacial score (nSPS) is 11.4. The second kappa shape index (κ2) is 5.53. The third-order valence-electron chi connectivity index (χ3n) is 3.83. The van der Waals surface area contributed by atoms with E-state index in [9.17, 15) is 9.59 Å². The maximum atomic E-state index is 12.4. The first-order valence-corrected chi connectivity index (χ1v) is 8.91. The molecule has 24 heavy (non-hydrogen) atoms. The minimum absolute atomic E-state index is 0.348. The smallest absolute Gasteiger partial charge is 0.319 e. The first kappa shape index (κ1) is 15.0. The van der Waals surface area contributed by atoms with Crippen LogP contribution in [-0.4, -0.2) is 23.7 Å². The molecule has 0 aromatic carbocycles. The van der Waals surface area contributed by atoms with E-state index in [0.29, 0.717) is 17.7 Å². The average molecular weight is 359 g/mol. The molecule has 4 aromatic heterocycles. The molecule has 0 unspecified atom stereocenters. The SMILES string of the molecule is Cn1c(=O)c2c(ncn2Cc2csc(-c3cccs3)n2)n(C)c1=O. The Labute approximate surface area is 144 Å². The maximum Gasteiger partial charge on any atom is 0.332 e. The Morgan fingerprint density at radius 2 is 2.00 bits per heavy atom. The van der Waals surface area contributed by atoms with Crippen LogP contribution in [0.15, 0.2) is 38.8 Å². The van der Waals surface area contributed by atoms with Gasteiger partial charge in [-0.15, -0.1) is 22.7 Å². The molecule has 4 heterocycles. The number of rotatable bonds is 3. The van der Waals surface area contributed by atoms with Crippen molar-refractivity contribution >= 4 is 33.8 Å². The number of thiophene rings is 1. The Bertz CT molecular complexity index is 1150. The van der Waals surface area contributed by atoms with E-state index >= 15 is 0 Å². The molecule has 0 aliphatic rings. The molecule has 4 aromatic rings. The molecule has 0 saturated heterocycles. The highest BCUT2D eigenvalue weighted by Crippen LogP contribution is 2.28. The number of aromatic nitrogens is 5. The number of thiazole rings is 1. The maximum absolute atomic E-state index is 12.4. The van der Waals surface area contributed by atoms with E-state index in [-0.39, 0.29) is 11.2 Å². The monoisotopic (exact) mass is 359 g/mol. The van der Waals surface area contributed by atoms with Gasteiger partial charge in [0.15, 0.2) is 11.2 Å². The Kier molecular flexibility index (Phi) is 3.47. The van der Waals surface area contributed by atoms with Crippen LogP contribution >= 0.6 is 22.7 Å². The lowest BCUT2D eigenvalue weighted by molar-refractivity contribution is 0.701. The van der Waals surface area contributed by atoms with Gasteiger partial charge in [-0.25, -0.2) is 14.8 Å². The lowest BCUT2D eigenvalue weighted by atomic mass is 10.4. The molecule has 0 amide bonds. The first-order valence-electron chi connectivity index (χ1n) is 7.15. The summed E-state index contributed by atoms with van der Waals surface area (Å²) in [5.74, 6) is 0. The standard InChI is InChI=1S/C15H13N5O2S2/c1-18-12-11(14(21)19(2)15(18)22)20(8-16-12)6-9-7-24-13(17-9)10-4-3-5-23-10/h3-5,7-8H,6H2,1-2H3. The van der Waals surface area contributed by atoms with E-state index in [2.05, 4.69) is 9.97 Å². The van der Waals surface area contributed by atoms with Crippen molar-refractivity contribution in [2.45, 2.75) is 6.54 Å². The third-order valence-corrected chi connectivity index (χ3v) is 5.76. The van der Waals surface area contributed by atoms with Gasteiger partial charge in [0.25, 0.3) is 5.56 Å². The van der Waals surface area contributed by atoms with Crippen LogP contribution < -0.4 is 11.2 Å². The van der Waals surface area contributed by atoms with Gasteiger partial charge in [-0.05, 0) is 11.4 Å². The highest BCUT2D eigenvalue weighted by Gasteiger charge is 2.15. The van der Waals surface area contributed by atoms with Crippen molar-refractivity contribution < 1.29 is 0 Å². The Balaban J connectivity index is 1.79. The predicted molar refractivity (Wildman–Crippen MR) is 94.7 cm³/mol. The van der Waals surface area contributed by atoms with Gasteiger partial charge in [0.1, 0.15) is 5.01 Å². The van der Waals surface area contributed by atoms with Gasteiger partial charge >= 0.3 is 5.69 Å². The molecular weight excluding hydrogens is 346 g/mol. The fourth-order valence-corrected chi connectivity index (χ4v) is 4.21. The van der Waals surface area contributed by atoms with Crippen LogP contribution in [0, 0.1) is 0 Å². The average Bonchev–Trinajstić information content (AvgIpc) is 3.31. The molecule has 122 valence electrons. The van der Waals surface area contributed by atoms with Gasteiger partial charge in [-0.2, -0.15) is 0 Å². The number of hydrogen-bond donors (Lipinski definition) is 0. The second-order valence-corrected chi connectivity index (χ2v) is 7.18. The van der Waals surface area contributed by atoms with Crippen molar-refractivity contribution in [3.05, 3.63) is 55.8 Å². The van der Waals surface area contributed by atoms with Crippen molar-refractivity contribution in [2.24, 2.45) is 14.1 Å². The molecule has 0 radical (unpaired) electrons. The van der Waals surface area contributed by atoms with Crippen LogP contribution in [0.25, 0.3) is 21.0 Å². The number of imidazole rings is 1. The second-order valence-electron chi connectivity index (χ2n) is 5.37. The van der Waals surface area contributed by atoms with Crippen LogP contribution in [0.1, 0.15) is 5.69 Å². The number of hydrogen-bond acceptors (Lipinski definition) is 6. The molecule has 0 atom stereocenters. The van der Waals surface area contributed by atoms with E-state index in [1.165, 1.54) is 11.6 Å². The molecule has 0 fully saturated rings. The molecule has 4 rings (SSSR count). The molecule has 0 N–H and O–H groups in total. The van der Waals surface area contributed by atoms with E-state index < -0.39 is 0 Å². The molecule has 0 saturated carbocycles. The number of nitrogens with zero attached hydrogens (tertiary/aromatic N) is 5. The quantitative estimate of drug-likeness (QED) is 0.558. The van der Waals surface area contributed by atoms with Gasteiger partial charge in [0.2, 0.25) is 0 Å². The van der Waals surface area contributed by atoms with Gasteiger partial charge in [0, 0.05) is 19.5 Å². The molecule has 9 heteroatoms. The molecular formula is C15H13N5O2S2. The Hall–Kier alpha value is -2.52. The first-order chi connectivity index (χ1) is 11.6. The summed E-state index contributed by atoms with van der Waals surface area (Å²) in [5, 5.41) is 4.96. The largest absolute Gasteiger partial charge is 0.332 e. The van der Waals surface area contributed by atoms with Crippen molar-refractivity contribution in [2.75, 3.05) is 0 Å². The van der Waals surface area contributed by atoms with Gasteiger partial charge in [-0.1, -0.05) is 6.07 Å². The lowest BCUT2D eigenvalue weighted by Crippen LogP contribution is -2.37. The van der Waals surface area contributed by atoms with E-state index in [1.54, 1.807) is 40.6 Å². The molecule has 0 aliphatic heterocycles. The van der Waals surface area contributed by atoms with E-state index in [0.717, 1.165) is 20.1 Å². The molecule has 0 spiro atoms. The van der Waals surface area contributed by atoms with Crippen LogP contribution in [0.4, 0.5) is 0 Å². The highest BCUT2D eigenvalue weighted by atomic mass is 32.1. The van der Waals surface area contributed by atoms with Crippen molar-refractivity contribution in [1.29, 1.82) is 0 Å². The van der Waals surface area contributed by atoms with Crippen molar-refractivity contribution in [3.63, 3.8) is 0 Å². The predicted octanol–water partition coefficient (Wildman–Crippen LogP) is 1.67. The summed E-state index contributed by atoms with van der Waals surface area (Å²) >= 11 is 3.22. The fraction of sp³-hybridized carbons (Fsp3) is 0.200. The van der Waals surface area contributed by atoms with Crippen LogP contribution in [0.5, 0.6) is 0 Å². The van der Waals surface area contributed by atoms with Gasteiger partial charge in [-0.3, -0.25) is 13.9 Å². The third kappa shape index (κ3) is 2.24. The van der Waals surface area contributed by atoms with Crippen LogP contribution in [0.2, 0.25) is 0 Å². The lowest BCUT2D eigenvalue weighted by Gasteiger charge is -2.05. The van der Waals surface area contributed by atoms with E-state index in [4.69, 9.17) is 0 Å². The molecule has 0 aliphatic carbocycles. The fourth-order valence-electron chi connectivity index (χ4n) is 2.58. The summed E-state index contributed by atoms with van der Waals surface area (Å²) in [7, 11) is 3.08.